The molecule has 6 rings (SSSR count). The van der Waals surface area contributed by atoms with Crippen LogP contribution in [0, 0.1) is 0 Å². The van der Waals surface area contributed by atoms with Gasteiger partial charge in [-0.3, -0.25) is 14.7 Å². The van der Waals surface area contributed by atoms with Crippen LogP contribution in [0.1, 0.15) is 48.3 Å². The molecular formula is C31H34N4O4S. The summed E-state index contributed by atoms with van der Waals surface area (Å²) in [6, 6.07) is 22.4. The van der Waals surface area contributed by atoms with E-state index in [0.717, 1.165) is 30.9 Å². The lowest BCUT2D eigenvalue weighted by Crippen LogP contribution is -2.38. The molecule has 0 aromatic heterocycles. The van der Waals surface area contributed by atoms with Gasteiger partial charge in [-0.2, -0.15) is 0 Å². The Morgan fingerprint density at radius 2 is 1.70 bits per heavy atom. The van der Waals surface area contributed by atoms with Gasteiger partial charge in [-0.05, 0) is 85.8 Å². The number of benzene rings is 3. The van der Waals surface area contributed by atoms with Crippen molar-refractivity contribution in [1.82, 2.24) is 9.62 Å². The first-order valence-corrected chi connectivity index (χ1v) is 15.4. The van der Waals surface area contributed by atoms with Crippen molar-refractivity contribution < 1.29 is 17.9 Å². The second kappa shape index (κ2) is 11.6. The molecule has 0 spiro atoms. The maximum absolute atomic E-state index is 13.4. The Kier molecular flexibility index (Phi) is 7.80. The van der Waals surface area contributed by atoms with Crippen molar-refractivity contribution in [2.24, 2.45) is 4.99 Å². The van der Waals surface area contributed by atoms with E-state index in [0.29, 0.717) is 43.0 Å². The smallest absolute Gasteiger partial charge is 0.240 e. The van der Waals surface area contributed by atoms with Crippen LogP contribution in [0.3, 0.4) is 0 Å². The topological polar surface area (TPSA) is 100 Å². The van der Waals surface area contributed by atoms with Gasteiger partial charge >= 0.3 is 0 Å². The third kappa shape index (κ3) is 5.88. The fraction of sp³-hybridized carbons (Fsp3) is 0.355. The highest BCUT2D eigenvalue weighted by Crippen LogP contribution is 2.38. The zero-order valence-corrected chi connectivity index (χ0v) is 23.2. The van der Waals surface area contributed by atoms with Crippen LogP contribution < -0.4 is 10.0 Å². The fourth-order valence-electron chi connectivity index (χ4n) is 5.70. The van der Waals surface area contributed by atoms with Crippen LogP contribution in [0.15, 0.2) is 82.7 Å². The number of rotatable bonds is 8. The van der Waals surface area contributed by atoms with E-state index in [9.17, 15) is 13.2 Å². The summed E-state index contributed by atoms with van der Waals surface area (Å²) in [5.74, 6) is -0.977. The number of hydrogen-bond donors (Lipinski definition) is 2. The predicted octanol–water partition coefficient (Wildman–Crippen LogP) is 4.60. The van der Waals surface area contributed by atoms with Gasteiger partial charge in [0, 0.05) is 31.5 Å². The van der Waals surface area contributed by atoms with Crippen LogP contribution in [0.5, 0.6) is 0 Å². The third-order valence-electron chi connectivity index (χ3n) is 7.84. The Morgan fingerprint density at radius 3 is 2.42 bits per heavy atom. The number of nitrogens with zero attached hydrogens (tertiary/aromatic N) is 2. The molecular weight excluding hydrogens is 524 g/mol. The molecule has 2 fully saturated rings. The lowest BCUT2D eigenvalue weighted by Gasteiger charge is -2.23. The molecule has 1 atom stereocenters. The number of aliphatic imine (C=N–C) groups is 1. The van der Waals surface area contributed by atoms with E-state index in [1.165, 1.54) is 18.4 Å². The molecule has 8 nitrogen and oxygen atoms in total. The Labute approximate surface area is 235 Å². The molecule has 3 aliphatic rings. The normalized spacial score (nSPS) is 20.4. The van der Waals surface area contributed by atoms with E-state index in [1.807, 2.05) is 42.5 Å². The van der Waals surface area contributed by atoms with E-state index in [2.05, 4.69) is 27.1 Å². The molecule has 3 aromatic rings. The van der Waals surface area contributed by atoms with Gasteiger partial charge in [0.15, 0.2) is 0 Å². The number of nitrogens with one attached hydrogen (secondary N) is 2. The number of hydrogen-bond acceptors (Lipinski definition) is 6. The summed E-state index contributed by atoms with van der Waals surface area (Å²) in [6.45, 7) is 4.27. The number of anilines is 1. The molecule has 208 valence electrons. The number of amides is 1. The Hall–Kier alpha value is -3.37. The summed E-state index contributed by atoms with van der Waals surface area (Å²) in [5.41, 5.74) is 4.58. The Balaban J connectivity index is 1.33. The quantitative estimate of drug-likeness (QED) is 0.394. The molecule has 0 bridgehead atoms. The molecule has 2 saturated heterocycles. The monoisotopic (exact) mass is 558 g/mol. The van der Waals surface area contributed by atoms with Crippen molar-refractivity contribution in [1.29, 1.82) is 0 Å². The SMILES string of the molecule is O=C1Nc2ccc(S(=O)(=O)NC3CCOCC3)cc2C1C(=Nc1ccc(CN2CCCC2)cc1)c1ccccc1. The van der Waals surface area contributed by atoms with Crippen LogP contribution in [-0.4, -0.2) is 57.3 Å². The average Bonchev–Trinajstić information content (AvgIpc) is 3.60. The highest BCUT2D eigenvalue weighted by molar-refractivity contribution is 7.89. The average molecular weight is 559 g/mol. The van der Waals surface area contributed by atoms with Crippen molar-refractivity contribution in [2.75, 3.05) is 31.6 Å². The minimum atomic E-state index is -3.77. The van der Waals surface area contributed by atoms with E-state index in [1.54, 1.807) is 18.2 Å². The minimum absolute atomic E-state index is 0.137. The molecule has 1 unspecified atom stereocenters. The number of carbonyl (C=O) groups is 1. The number of sulfonamides is 1. The van der Waals surface area contributed by atoms with Gasteiger partial charge in [-0.1, -0.05) is 42.5 Å². The van der Waals surface area contributed by atoms with Crippen LogP contribution in [0.4, 0.5) is 11.4 Å². The Morgan fingerprint density at radius 1 is 0.975 bits per heavy atom. The van der Waals surface area contributed by atoms with Gasteiger partial charge in [0.25, 0.3) is 0 Å². The van der Waals surface area contributed by atoms with Gasteiger partial charge in [-0.25, -0.2) is 13.1 Å². The summed E-state index contributed by atoms with van der Waals surface area (Å²) >= 11 is 0. The van der Waals surface area contributed by atoms with Crippen molar-refractivity contribution in [3.8, 4) is 0 Å². The summed E-state index contributed by atoms with van der Waals surface area (Å²) < 4.78 is 34.7. The first kappa shape index (κ1) is 26.8. The second-order valence-corrected chi connectivity index (χ2v) is 12.4. The Bertz CT molecular complexity index is 1490. The molecule has 2 N–H and O–H groups in total. The summed E-state index contributed by atoms with van der Waals surface area (Å²) in [4.78, 5) is 21.0. The minimum Gasteiger partial charge on any atom is -0.381 e. The molecule has 3 aliphatic heterocycles. The van der Waals surface area contributed by atoms with Crippen molar-refractivity contribution in [2.45, 2.75) is 49.1 Å². The number of carbonyl (C=O) groups excluding carboxylic acids is 1. The fourth-order valence-corrected chi connectivity index (χ4v) is 7.04. The second-order valence-electron chi connectivity index (χ2n) is 10.7. The molecule has 1 amide bonds. The summed E-state index contributed by atoms with van der Waals surface area (Å²) in [5, 5.41) is 2.94. The largest absolute Gasteiger partial charge is 0.381 e. The molecule has 40 heavy (non-hydrogen) atoms. The third-order valence-corrected chi connectivity index (χ3v) is 9.36. The van der Waals surface area contributed by atoms with E-state index < -0.39 is 15.9 Å². The molecule has 3 heterocycles. The maximum Gasteiger partial charge on any atom is 0.240 e. The van der Waals surface area contributed by atoms with Gasteiger partial charge < -0.3 is 10.1 Å². The number of likely N-dealkylation sites (tertiary alicyclic amines) is 1. The molecule has 3 aromatic carbocycles. The van der Waals surface area contributed by atoms with Gasteiger partial charge in [0.05, 0.1) is 16.3 Å². The maximum atomic E-state index is 13.4. The van der Waals surface area contributed by atoms with Gasteiger partial charge in [0.1, 0.15) is 5.92 Å². The number of fused-ring (bicyclic) bond motifs is 1. The molecule has 0 radical (unpaired) electrons. The van der Waals surface area contributed by atoms with Crippen LogP contribution in [-0.2, 0) is 26.1 Å². The van der Waals surface area contributed by atoms with Crippen LogP contribution in [0.25, 0.3) is 0 Å². The van der Waals surface area contributed by atoms with Gasteiger partial charge in [0.2, 0.25) is 15.9 Å². The molecule has 9 heteroatoms. The number of ether oxygens (including phenoxy) is 1. The van der Waals surface area contributed by atoms with E-state index >= 15 is 0 Å². The summed E-state index contributed by atoms with van der Waals surface area (Å²) in [7, 11) is -3.77. The van der Waals surface area contributed by atoms with Crippen molar-refractivity contribution in [3.63, 3.8) is 0 Å². The van der Waals surface area contributed by atoms with Crippen LogP contribution >= 0.6 is 0 Å². The van der Waals surface area contributed by atoms with E-state index in [-0.39, 0.29) is 16.8 Å². The molecule has 0 aliphatic carbocycles. The highest BCUT2D eigenvalue weighted by Gasteiger charge is 2.37. The lowest BCUT2D eigenvalue weighted by molar-refractivity contribution is -0.115. The first-order chi connectivity index (χ1) is 19.5. The van der Waals surface area contributed by atoms with Gasteiger partial charge in [-0.15, -0.1) is 0 Å². The van der Waals surface area contributed by atoms with Crippen molar-refractivity contribution in [3.05, 3.63) is 89.5 Å². The predicted molar refractivity (Wildman–Crippen MR) is 156 cm³/mol. The van der Waals surface area contributed by atoms with Crippen LogP contribution in [0.2, 0.25) is 0 Å². The molecule has 0 saturated carbocycles. The zero-order chi connectivity index (χ0) is 27.5. The lowest BCUT2D eigenvalue weighted by atomic mass is 9.90. The standard InChI is InChI=1S/C31H34N4O4S/c36-31-29(27-20-26(12-13-28(27)33-31)40(37,38)34-25-14-18-39-19-15-25)30(23-6-2-1-3-7-23)32-24-10-8-22(9-11-24)21-35-16-4-5-17-35/h1-3,6-13,20,25,29,34H,4-5,14-19,21H2,(H,33,36). The highest BCUT2D eigenvalue weighted by atomic mass is 32.2. The van der Waals surface area contributed by atoms with Crippen molar-refractivity contribution >= 4 is 33.0 Å². The zero-order valence-electron chi connectivity index (χ0n) is 22.4. The first-order valence-electron chi connectivity index (χ1n) is 14.0. The summed E-state index contributed by atoms with van der Waals surface area (Å²) in [6.07, 6.45) is 3.77. The van der Waals surface area contributed by atoms with E-state index in [4.69, 9.17) is 9.73 Å².